The topological polar surface area (TPSA) is 109 Å². The smallest absolute Gasteiger partial charge is 0.347 e. The maximum atomic E-state index is 12.2. The third-order valence-electron chi connectivity index (χ3n) is 7.56. The number of halogens is 1. The largest absolute Gasteiger partial charge is 0.478 e. The molecule has 11 heteroatoms. The highest BCUT2D eigenvalue weighted by atomic mass is 35.5. The van der Waals surface area contributed by atoms with E-state index in [1.54, 1.807) is 16.9 Å². The zero-order chi connectivity index (χ0) is 31.3. The summed E-state index contributed by atoms with van der Waals surface area (Å²) in [4.78, 5) is 20.7. The van der Waals surface area contributed by atoms with Crippen LogP contribution in [0.2, 0.25) is 10.1 Å². The summed E-state index contributed by atoms with van der Waals surface area (Å²) < 4.78 is 20.1. The van der Waals surface area contributed by atoms with Gasteiger partial charge in [-0.25, -0.2) is 19.4 Å². The monoisotopic (exact) mass is 630 g/mol. The normalized spacial score (nSPS) is 12.8. The lowest BCUT2D eigenvalue weighted by Gasteiger charge is -2.43. The number of rotatable bonds is 12. The van der Waals surface area contributed by atoms with Crippen LogP contribution >= 0.6 is 11.6 Å². The Morgan fingerprint density at radius 1 is 0.955 bits per heavy atom. The number of benzene rings is 3. The predicted octanol–water partition coefficient (Wildman–Crippen LogP) is 5.20. The van der Waals surface area contributed by atoms with Gasteiger partial charge < -0.3 is 19.0 Å². The molecule has 1 unspecified atom stereocenters. The molecule has 0 aliphatic carbocycles. The first-order valence-electron chi connectivity index (χ1n) is 14.3. The van der Waals surface area contributed by atoms with Crippen LogP contribution in [0.25, 0.3) is 16.7 Å². The lowest BCUT2D eigenvalue weighted by Crippen LogP contribution is -2.66. The van der Waals surface area contributed by atoms with E-state index in [9.17, 15) is 9.90 Å². The van der Waals surface area contributed by atoms with Crippen LogP contribution in [0.5, 0.6) is 5.88 Å². The van der Waals surface area contributed by atoms with E-state index in [0.717, 1.165) is 21.6 Å². The van der Waals surface area contributed by atoms with Gasteiger partial charge in [-0.1, -0.05) is 99.1 Å². The minimum absolute atomic E-state index is 0.0977. The van der Waals surface area contributed by atoms with Crippen LogP contribution < -0.4 is 15.1 Å². The fourth-order valence-corrected chi connectivity index (χ4v) is 10.1. The average molecular weight is 631 g/mol. The number of aliphatic carboxylic acids is 1. The SMILES string of the molecule is Cc1c(Cl)cccc1-n1ncc2c(OC(COCCO[Si](c3ccccc3)(c3ccccc3)C(C)(C)C)C(=O)O)ncnc21. The minimum Gasteiger partial charge on any atom is -0.478 e. The second kappa shape index (κ2) is 13.3. The lowest BCUT2D eigenvalue weighted by molar-refractivity contribution is -0.148. The predicted molar refractivity (Wildman–Crippen MR) is 173 cm³/mol. The lowest BCUT2D eigenvalue weighted by atomic mass is 10.2. The zero-order valence-corrected chi connectivity index (χ0v) is 26.9. The second-order valence-electron chi connectivity index (χ2n) is 11.4. The van der Waals surface area contributed by atoms with Gasteiger partial charge in [0.1, 0.15) is 11.7 Å². The second-order valence-corrected chi connectivity index (χ2v) is 16.1. The van der Waals surface area contributed by atoms with Gasteiger partial charge in [-0.2, -0.15) is 5.10 Å². The molecule has 228 valence electrons. The summed E-state index contributed by atoms with van der Waals surface area (Å²) in [6.07, 6.45) is 1.55. The van der Waals surface area contributed by atoms with Crippen molar-refractivity contribution in [2.75, 3.05) is 19.8 Å². The number of hydrogen-bond donors (Lipinski definition) is 1. The Hall–Kier alpha value is -4.09. The first-order valence-corrected chi connectivity index (χ1v) is 16.6. The molecule has 0 aliphatic rings. The van der Waals surface area contributed by atoms with Gasteiger partial charge in [0.05, 0.1) is 31.7 Å². The first-order chi connectivity index (χ1) is 21.1. The quantitative estimate of drug-likeness (QED) is 0.148. The van der Waals surface area contributed by atoms with E-state index in [2.05, 4.69) is 60.1 Å². The van der Waals surface area contributed by atoms with E-state index < -0.39 is 20.4 Å². The number of nitrogens with zero attached hydrogens (tertiary/aromatic N) is 4. The van der Waals surface area contributed by atoms with Gasteiger partial charge in [0.2, 0.25) is 12.0 Å². The highest BCUT2D eigenvalue weighted by Crippen LogP contribution is 2.36. The third kappa shape index (κ3) is 6.25. The molecule has 2 heterocycles. The zero-order valence-electron chi connectivity index (χ0n) is 25.1. The van der Waals surface area contributed by atoms with Crippen molar-refractivity contribution in [1.82, 2.24) is 19.7 Å². The van der Waals surface area contributed by atoms with E-state index in [1.165, 1.54) is 6.33 Å². The number of carboxylic acid groups (broad SMARTS) is 1. The van der Waals surface area contributed by atoms with Gasteiger partial charge in [0.25, 0.3) is 8.32 Å². The maximum absolute atomic E-state index is 12.2. The molecule has 0 saturated heterocycles. The number of ether oxygens (including phenoxy) is 2. The van der Waals surface area contributed by atoms with Gasteiger partial charge >= 0.3 is 5.97 Å². The van der Waals surface area contributed by atoms with Crippen LogP contribution in [-0.4, -0.2) is 65.1 Å². The minimum atomic E-state index is -2.74. The average Bonchev–Trinajstić information content (AvgIpc) is 3.45. The molecule has 5 rings (SSSR count). The third-order valence-corrected chi connectivity index (χ3v) is 13.0. The van der Waals surface area contributed by atoms with Crippen molar-refractivity contribution in [1.29, 1.82) is 0 Å². The maximum Gasteiger partial charge on any atom is 0.347 e. The molecule has 0 aliphatic heterocycles. The van der Waals surface area contributed by atoms with Crippen molar-refractivity contribution in [2.24, 2.45) is 0 Å². The molecule has 2 aromatic heterocycles. The van der Waals surface area contributed by atoms with Gasteiger partial charge in [0.15, 0.2) is 5.65 Å². The van der Waals surface area contributed by atoms with Crippen molar-refractivity contribution in [3.05, 3.63) is 102 Å². The molecule has 0 radical (unpaired) electrons. The molecule has 44 heavy (non-hydrogen) atoms. The molecule has 0 bridgehead atoms. The molecule has 0 amide bonds. The molecule has 9 nitrogen and oxygen atoms in total. The summed E-state index contributed by atoms with van der Waals surface area (Å²) in [6, 6.07) is 26.1. The number of hydrogen-bond acceptors (Lipinski definition) is 7. The Bertz CT molecular complexity index is 1690. The first kappa shape index (κ1) is 31.3. The molecular formula is C33H35ClN4O5Si. The fourth-order valence-electron chi connectivity index (χ4n) is 5.41. The standard InChI is InChI=1S/C33H35ClN4O5Si/c1-23-27(34)16-11-17-28(23)38-30-26(20-37-38)31(36-22-35-30)43-29(32(39)40)21-41-18-19-42-44(33(2,3)4,24-12-7-5-8-13-24)25-14-9-6-10-15-25/h5-17,20,22,29H,18-19,21H2,1-4H3,(H,39,40). The Kier molecular flexibility index (Phi) is 9.45. The van der Waals surface area contributed by atoms with Crippen LogP contribution in [0, 0.1) is 6.92 Å². The summed E-state index contributed by atoms with van der Waals surface area (Å²) in [7, 11) is -2.74. The molecule has 3 aromatic carbocycles. The van der Waals surface area contributed by atoms with Crippen LogP contribution in [0.3, 0.4) is 0 Å². The Balaban J connectivity index is 1.30. The van der Waals surface area contributed by atoms with Gasteiger partial charge in [-0.05, 0) is 40.0 Å². The van der Waals surface area contributed by atoms with E-state index in [0.29, 0.717) is 16.1 Å². The molecule has 5 aromatic rings. The summed E-state index contributed by atoms with van der Waals surface area (Å²) in [5.74, 6) is -1.08. The molecule has 0 saturated carbocycles. The van der Waals surface area contributed by atoms with Gasteiger partial charge in [0, 0.05) is 5.02 Å². The summed E-state index contributed by atoms with van der Waals surface area (Å²) in [5.41, 5.74) is 2.04. The van der Waals surface area contributed by atoms with Crippen LogP contribution in [0.1, 0.15) is 26.3 Å². The van der Waals surface area contributed by atoms with Crippen LogP contribution in [0.4, 0.5) is 0 Å². The van der Waals surface area contributed by atoms with Crippen LogP contribution in [0.15, 0.2) is 91.4 Å². The summed E-state index contributed by atoms with van der Waals surface area (Å²) in [5, 5.41) is 17.6. The molecule has 0 spiro atoms. The summed E-state index contributed by atoms with van der Waals surface area (Å²) >= 11 is 6.31. The van der Waals surface area contributed by atoms with Crippen molar-refractivity contribution in [3.8, 4) is 11.6 Å². The Morgan fingerprint density at radius 3 is 2.23 bits per heavy atom. The highest BCUT2D eigenvalue weighted by Gasteiger charge is 2.50. The van der Waals surface area contributed by atoms with Gasteiger partial charge in [-0.3, -0.25) is 0 Å². The van der Waals surface area contributed by atoms with Gasteiger partial charge in [-0.15, -0.1) is 0 Å². The molecular weight excluding hydrogens is 596 g/mol. The van der Waals surface area contributed by atoms with Crippen LogP contribution in [-0.2, 0) is 14.0 Å². The van der Waals surface area contributed by atoms with E-state index in [-0.39, 0.29) is 30.7 Å². The fraction of sp³-hybridized carbons (Fsp3) is 0.273. The van der Waals surface area contributed by atoms with Crippen molar-refractivity contribution >= 4 is 47.3 Å². The van der Waals surface area contributed by atoms with E-state index >= 15 is 0 Å². The molecule has 0 fully saturated rings. The van der Waals surface area contributed by atoms with E-state index in [4.69, 9.17) is 25.5 Å². The summed E-state index contributed by atoms with van der Waals surface area (Å²) in [6.45, 7) is 8.75. The highest BCUT2D eigenvalue weighted by molar-refractivity contribution is 6.99. The Morgan fingerprint density at radius 2 is 1.61 bits per heavy atom. The van der Waals surface area contributed by atoms with Crippen molar-refractivity contribution < 1.29 is 23.8 Å². The number of carbonyl (C=O) groups is 1. The van der Waals surface area contributed by atoms with Crippen molar-refractivity contribution in [3.63, 3.8) is 0 Å². The van der Waals surface area contributed by atoms with Crippen molar-refractivity contribution in [2.45, 2.75) is 38.8 Å². The number of fused-ring (bicyclic) bond motifs is 1. The molecule has 1 atom stereocenters. The molecule has 1 N–H and O–H groups in total. The van der Waals surface area contributed by atoms with E-state index in [1.807, 2.05) is 55.5 Å². The number of aromatic nitrogens is 4. The Labute approximate surface area is 262 Å². The number of carboxylic acids is 1.